The molecule has 5 unspecified atom stereocenters. The Balaban J connectivity index is 1.24. The third-order valence-corrected chi connectivity index (χ3v) is 10.3. The van der Waals surface area contributed by atoms with E-state index in [4.69, 9.17) is 38.4 Å². The van der Waals surface area contributed by atoms with Crippen LogP contribution in [0.5, 0.6) is 0 Å². The summed E-state index contributed by atoms with van der Waals surface area (Å²) >= 11 is 13.2. The van der Waals surface area contributed by atoms with Gasteiger partial charge >= 0.3 is 5.97 Å². The number of hydrogen-bond donors (Lipinski definition) is 3. The maximum atomic E-state index is 13.6. The Hall–Kier alpha value is -1.38. The molecule has 4 N–H and O–H groups in total. The zero-order valence-electron chi connectivity index (χ0n) is 22.4. The number of unbranched alkanes of at least 4 members (excludes halogenated alkanes) is 1. The first-order chi connectivity index (χ1) is 18.8. The Morgan fingerprint density at radius 2 is 1.64 bits per heavy atom. The summed E-state index contributed by atoms with van der Waals surface area (Å²) < 4.78 is 12.1. The second-order valence-corrected chi connectivity index (χ2v) is 13.3. The SMILES string of the molecule is NCCCCOC1C(Cl)CC(C(=O)N[C@@H](Cc2ccccc2)C(=O)OC2C3CC4CC(C3)CC2C4)C(O)C1Cl. The van der Waals surface area contributed by atoms with E-state index < -0.39 is 46.8 Å². The summed E-state index contributed by atoms with van der Waals surface area (Å²) in [5.74, 6) is 0.699. The van der Waals surface area contributed by atoms with E-state index in [2.05, 4.69) is 5.32 Å². The quantitative estimate of drug-likeness (QED) is 0.208. The van der Waals surface area contributed by atoms with Crippen molar-refractivity contribution >= 4 is 35.1 Å². The number of halogens is 2. The van der Waals surface area contributed by atoms with Gasteiger partial charge in [0.1, 0.15) is 12.1 Å². The van der Waals surface area contributed by atoms with Gasteiger partial charge in [0.15, 0.2) is 0 Å². The molecule has 0 heterocycles. The van der Waals surface area contributed by atoms with Crippen molar-refractivity contribution in [2.24, 2.45) is 35.3 Å². The molecule has 1 aromatic carbocycles. The topological polar surface area (TPSA) is 111 Å². The van der Waals surface area contributed by atoms with Crippen molar-refractivity contribution in [3.8, 4) is 0 Å². The van der Waals surface area contributed by atoms with Crippen LogP contribution >= 0.6 is 23.2 Å². The number of aliphatic hydroxyl groups is 1. The summed E-state index contributed by atoms with van der Waals surface area (Å²) in [6, 6.07) is 8.73. The van der Waals surface area contributed by atoms with E-state index in [0.29, 0.717) is 31.4 Å². The van der Waals surface area contributed by atoms with Crippen molar-refractivity contribution in [2.45, 2.75) is 92.9 Å². The molecule has 5 aliphatic carbocycles. The molecule has 9 heteroatoms. The van der Waals surface area contributed by atoms with Gasteiger partial charge in [0.2, 0.25) is 5.91 Å². The smallest absolute Gasteiger partial charge is 0.329 e. The normalized spacial score (nSPS) is 37.8. The number of amides is 1. The van der Waals surface area contributed by atoms with Crippen LogP contribution in [0.4, 0.5) is 0 Å². The predicted octanol–water partition coefficient (Wildman–Crippen LogP) is 3.80. The van der Waals surface area contributed by atoms with Crippen LogP contribution in [0, 0.1) is 29.6 Å². The van der Waals surface area contributed by atoms with Crippen molar-refractivity contribution < 1.29 is 24.2 Å². The third-order valence-electron chi connectivity index (χ3n) is 9.41. The molecule has 6 atom stereocenters. The fraction of sp³-hybridized carbons (Fsp3) is 0.733. The van der Waals surface area contributed by atoms with Gasteiger partial charge in [-0.15, -0.1) is 23.2 Å². The molecule has 0 aromatic heterocycles. The molecule has 5 fully saturated rings. The number of rotatable bonds is 11. The molecule has 0 radical (unpaired) electrons. The lowest BCUT2D eigenvalue weighted by Crippen LogP contribution is -2.57. The van der Waals surface area contributed by atoms with Crippen LogP contribution in [0.1, 0.15) is 56.9 Å². The molecule has 0 aliphatic heterocycles. The Morgan fingerprint density at radius 1 is 0.974 bits per heavy atom. The van der Waals surface area contributed by atoms with Gasteiger partial charge in [-0.1, -0.05) is 30.3 Å². The standard InChI is InChI=1S/C30H42Cl2N2O5/c31-23-16-22(26(35)25(32)28(23)38-9-5-4-8-33)29(36)34-24(15-17-6-2-1-3-7-17)30(37)39-27-20-11-18-10-19(13-20)14-21(27)12-18/h1-3,6-7,18-28,35H,4-5,8-16,33H2,(H,34,36)/t18?,19?,20?,21?,22?,23?,24-,25?,26?,27?,28?/m0/s1. The van der Waals surface area contributed by atoms with E-state index in [-0.39, 0.29) is 12.5 Å². The van der Waals surface area contributed by atoms with Gasteiger partial charge in [0.25, 0.3) is 0 Å². The number of carbonyl (C=O) groups is 2. The van der Waals surface area contributed by atoms with E-state index in [1.807, 2.05) is 30.3 Å². The first kappa shape index (κ1) is 29.1. The van der Waals surface area contributed by atoms with Crippen LogP contribution in [0.3, 0.4) is 0 Å². The summed E-state index contributed by atoms with van der Waals surface area (Å²) in [7, 11) is 0. The molecule has 1 aromatic rings. The molecular weight excluding hydrogens is 539 g/mol. The number of benzene rings is 1. The Bertz CT molecular complexity index is 953. The highest BCUT2D eigenvalue weighted by molar-refractivity contribution is 6.25. The second-order valence-electron chi connectivity index (χ2n) is 12.2. The molecule has 0 saturated heterocycles. The van der Waals surface area contributed by atoms with Crippen LogP contribution in [-0.2, 0) is 25.5 Å². The van der Waals surface area contributed by atoms with Crippen LogP contribution in [-0.4, -0.2) is 65.2 Å². The number of hydrogen-bond acceptors (Lipinski definition) is 6. The van der Waals surface area contributed by atoms with Gasteiger partial charge < -0.3 is 25.6 Å². The lowest BCUT2D eigenvalue weighted by molar-refractivity contribution is -0.174. The fourth-order valence-electron chi connectivity index (χ4n) is 7.66. The highest BCUT2D eigenvalue weighted by Crippen LogP contribution is 2.54. The first-order valence-corrected chi connectivity index (χ1v) is 15.5. The summed E-state index contributed by atoms with van der Waals surface area (Å²) in [5, 5.41) is 12.5. The van der Waals surface area contributed by atoms with E-state index in [0.717, 1.165) is 55.9 Å². The average molecular weight is 582 g/mol. The minimum Gasteiger partial charge on any atom is -0.460 e. The van der Waals surface area contributed by atoms with E-state index in [1.54, 1.807) is 0 Å². The van der Waals surface area contributed by atoms with Crippen LogP contribution in [0.25, 0.3) is 0 Å². The van der Waals surface area contributed by atoms with Crippen LogP contribution in [0.2, 0.25) is 0 Å². The average Bonchev–Trinajstić information content (AvgIpc) is 2.92. The summed E-state index contributed by atoms with van der Waals surface area (Å²) in [6.07, 6.45) is 6.17. The molecule has 5 aliphatic rings. The van der Waals surface area contributed by atoms with Gasteiger partial charge in [-0.25, -0.2) is 4.79 Å². The number of esters is 1. The number of nitrogens with two attached hydrogens (primary N) is 1. The minimum absolute atomic E-state index is 0.0719. The summed E-state index contributed by atoms with van der Waals surface area (Å²) in [5.41, 5.74) is 6.47. The van der Waals surface area contributed by atoms with Crippen molar-refractivity contribution in [1.82, 2.24) is 5.32 Å². The van der Waals surface area contributed by atoms with Crippen LogP contribution in [0.15, 0.2) is 30.3 Å². The highest BCUT2D eigenvalue weighted by Gasteiger charge is 2.51. The Kier molecular flexibility index (Phi) is 9.76. The van der Waals surface area contributed by atoms with Crippen molar-refractivity contribution in [3.63, 3.8) is 0 Å². The maximum absolute atomic E-state index is 13.6. The van der Waals surface area contributed by atoms with Gasteiger partial charge in [-0.3, -0.25) is 4.79 Å². The lowest BCUT2D eigenvalue weighted by atomic mass is 9.55. The predicted molar refractivity (Wildman–Crippen MR) is 150 cm³/mol. The van der Waals surface area contributed by atoms with Gasteiger partial charge in [-0.05, 0) is 87.1 Å². The largest absolute Gasteiger partial charge is 0.460 e. The van der Waals surface area contributed by atoms with E-state index in [9.17, 15) is 14.7 Å². The molecule has 0 spiro atoms. The first-order valence-electron chi connectivity index (χ1n) is 14.7. The second kappa shape index (κ2) is 13.1. The Morgan fingerprint density at radius 3 is 2.28 bits per heavy atom. The Labute approximate surface area is 241 Å². The van der Waals surface area contributed by atoms with Gasteiger partial charge in [0, 0.05) is 13.0 Å². The fourth-order valence-corrected chi connectivity index (χ4v) is 8.58. The zero-order chi connectivity index (χ0) is 27.5. The monoisotopic (exact) mass is 580 g/mol. The molecule has 7 nitrogen and oxygen atoms in total. The number of carbonyl (C=O) groups excluding carboxylic acids is 2. The third kappa shape index (κ3) is 6.75. The molecule has 1 amide bonds. The maximum Gasteiger partial charge on any atom is 0.329 e. The van der Waals surface area contributed by atoms with E-state index >= 15 is 0 Å². The molecule has 5 saturated carbocycles. The van der Waals surface area contributed by atoms with Crippen molar-refractivity contribution in [1.29, 1.82) is 0 Å². The van der Waals surface area contributed by atoms with E-state index in [1.165, 1.54) is 6.42 Å². The molecule has 6 rings (SSSR count). The minimum atomic E-state index is -1.15. The number of alkyl halides is 2. The van der Waals surface area contributed by atoms with Crippen LogP contribution < -0.4 is 11.1 Å². The highest BCUT2D eigenvalue weighted by atomic mass is 35.5. The summed E-state index contributed by atoms with van der Waals surface area (Å²) in [4.78, 5) is 27.1. The van der Waals surface area contributed by atoms with Gasteiger partial charge in [-0.2, -0.15) is 0 Å². The number of aliphatic hydroxyl groups excluding tert-OH is 1. The van der Waals surface area contributed by atoms with Crippen molar-refractivity contribution in [2.75, 3.05) is 13.2 Å². The zero-order valence-corrected chi connectivity index (χ0v) is 23.9. The van der Waals surface area contributed by atoms with Gasteiger partial charge in [0.05, 0.1) is 28.9 Å². The molecule has 39 heavy (non-hydrogen) atoms. The molecule has 216 valence electrons. The van der Waals surface area contributed by atoms with Crippen molar-refractivity contribution in [3.05, 3.63) is 35.9 Å². The molecule has 4 bridgehead atoms. The lowest BCUT2D eigenvalue weighted by Gasteiger charge is -2.53. The number of nitrogens with one attached hydrogen (secondary N) is 1. The molecular formula is C30H42Cl2N2O5. The summed E-state index contributed by atoms with van der Waals surface area (Å²) in [6.45, 7) is 1.01. The number of ether oxygens (including phenoxy) is 2.